The second kappa shape index (κ2) is 5.48. The van der Waals surface area contributed by atoms with Gasteiger partial charge >= 0.3 is 0 Å². The molecule has 3 rings (SSSR count). The van der Waals surface area contributed by atoms with Gasteiger partial charge in [-0.15, -0.1) is 0 Å². The van der Waals surface area contributed by atoms with Gasteiger partial charge in [-0.2, -0.15) is 0 Å². The monoisotopic (exact) mass is 284 g/mol. The molecule has 0 amide bonds. The lowest BCUT2D eigenvalue weighted by Crippen LogP contribution is -2.09. The van der Waals surface area contributed by atoms with Crippen LogP contribution in [0.25, 0.3) is 10.8 Å². The summed E-state index contributed by atoms with van der Waals surface area (Å²) >= 11 is 0. The molecule has 0 aliphatic heterocycles. The summed E-state index contributed by atoms with van der Waals surface area (Å²) in [4.78, 5) is 4.08. The first kappa shape index (κ1) is 13.5. The quantitative estimate of drug-likeness (QED) is 0.755. The summed E-state index contributed by atoms with van der Waals surface area (Å²) in [6, 6.07) is 11.5. The molecule has 106 valence electrons. The lowest BCUT2D eigenvalue weighted by molar-refractivity contribution is 0.495. The molecule has 0 bridgehead atoms. The van der Waals surface area contributed by atoms with E-state index < -0.39 is 11.6 Å². The molecular weight excluding hydrogens is 270 g/mol. The molecule has 1 atom stereocenters. The van der Waals surface area contributed by atoms with E-state index >= 15 is 0 Å². The minimum Gasteiger partial charge on any atom is -0.378 e. The van der Waals surface area contributed by atoms with Crippen molar-refractivity contribution >= 4 is 16.5 Å². The fraction of sp³-hybridized carbons (Fsp3) is 0.118. The van der Waals surface area contributed by atoms with Crippen LogP contribution in [0.4, 0.5) is 14.5 Å². The third kappa shape index (κ3) is 2.57. The van der Waals surface area contributed by atoms with E-state index in [2.05, 4.69) is 10.3 Å². The Morgan fingerprint density at radius 3 is 2.71 bits per heavy atom. The number of pyridine rings is 1. The summed E-state index contributed by atoms with van der Waals surface area (Å²) in [6.07, 6.45) is 3.48. The molecule has 1 aromatic heterocycles. The average Bonchev–Trinajstić information content (AvgIpc) is 2.50. The summed E-state index contributed by atoms with van der Waals surface area (Å²) in [7, 11) is 0. The molecule has 2 aromatic carbocycles. The first-order valence-electron chi connectivity index (χ1n) is 6.70. The van der Waals surface area contributed by atoms with Crippen LogP contribution >= 0.6 is 0 Å². The van der Waals surface area contributed by atoms with Crippen molar-refractivity contribution in [3.05, 3.63) is 72.1 Å². The molecule has 1 unspecified atom stereocenters. The summed E-state index contributed by atoms with van der Waals surface area (Å²) in [5.74, 6) is -1.64. The first-order valence-corrected chi connectivity index (χ1v) is 6.70. The van der Waals surface area contributed by atoms with E-state index in [9.17, 15) is 8.78 Å². The number of aromatic nitrogens is 1. The fourth-order valence-corrected chi connectivity index (χ4v) is 2.41. The zero-order valence-corrected chi connectivity index (χ0v) is 11.5. The van der Waals surface area contributed by atoms with Gasteiger partial charge in [0, 0.05) is 34.4 Å². The SMILES string of the molecule is CC(Nc1cccc2cnccc12)c1cccc(F)c1F. The summed E-state index contributed by atoms with van der Waals surface area (Å²) in [5.41, 5.74) is 1.17. The molecule has 0 spiro atoms. The molecule has 0 fully saturated rings. The van der Waals surface area contributed by atoms with E-state index in [4.69, 9.17) is 0 Å². The number of nitrogens with one attached hydrogen (secondary N) is 1. The molecule has 1 N–H and O–H groups in total. The molecule has 21 heavy (non-hydrogen) atoms. The molecule has 0 saturated heterocycles. The van der Waals surface area contributed by atoms with Gasteiger partial charge in [-0.3, -0.25) is 4.98 Å². The number of benzene rings is 2. The normalized spacial score (nSPS) is 12.3. The highest BCUT2D eigenvalue weighted by Crippen LogP contribution is 2.28. The van der Waals surface area contributed by atoms with E-state index in [1.165, 1.54) is 6.07 Å². The van der Waals surface area contributed by atoms with Gasteiger partial charge in [0.25, 0.3) is 0 Å². The number of fused-ring (bicyclic) bond motifs is 1. The Labute approximate surface area is 121 Å². The maximum absolute atomic E-state index is 13.8. The number of halogens is 2. The molecular formula is C17H14F2N2. The van der Waals surface area contributed by atoms with Crippen molar-refractivity contribution in [1.82, 2.24) is 4.98 Å². The minimum atomic E-state index is -0.830. The summed E-state index contributed by atoms with van der Waals surface area (Å²) < 4.78 is 27.2. The Bertz CT molecular complexity index is 781. The number of nitrogens with zero attached hydrogens (tertiary/aromatic N) is 1. The number of hydrogen-bond donors (Lipinski definition) is 1. The van der Waals surface area contributed by atoms with Gasteiger partial charge in [0.1, 0.15) is 0 Å². The Morgan fingerprint density at radius 1 is 1.05 bits per heavy atom. The van der Waals surface area contributed by atoms with Gasteiger partial charge in [-0.05, 0) is 25.1 Å². The van der Waals surface area contributed by atoms with Crippen LogP contribution < -0.4 is 5.32 Å². The van der Waals surface area contributed by atoms with E-state index in [1.54, 1.807) is 25.4 Å². The first-order chi connectivity index (χ1) is 10.2. The van der Waals surface area contributed by atoms with Crippen LogP contribution in [-0.2, 0) is 0 Å². The van der Waals surface area contributed by atoms with Crippen LogP contribution in [0.15, 0.2) is 54.9 Å². The second-order valence-corrected chi connectivity index (χ2v) is 4.91. The van der Waals surface area contributed by atoms with Crippen molar-refractivity contribution in [3.8, 4) is 0 Å². The van der Waals surface area contributed by atoms with Crippen LogP contribution in [0.1, 0.15) is 18.5 Å². The van der Waals surface area contributed by atoms with Gasteiger partial charge in [0.2, 0.25) is 0 Å². The maximum atomic E-state index is 13.8. The summed E-state index contributed by atoms with van der Waals surface area (Å²) in [6.45, 7) is 1.80. The zero-order valence-electron chi connectivity index (χ0n) is 11.5. The van der Waals surface area contributed by atoms with Gasteiger partial charge in [0.05, 0.1) is 6.04 Å². The molecule has 3 aromatic rings. The minimum absolute atomic E-state index is 0.307. The highest BCUT2D eigenvalue weighted by Gasteiger charge is 2.14. The third-order valence-electron chi connectivity index (χ3n) is 3.50. The Balaban J connectivity index is 1.97. The van der Waals surface area contributed by atoms with E-state index in [1.807, 2.05) is 24.3 Å². The molecule has 2 nitrogen and oxygen atoms in total. The molecule has 0 aliphatic carbocycles. The Kier molecular flexibility index (Phi) is 3.52. The zero-order chi connectivity index (χ0) is 14.8. The van der Waals surface area contributed by atoms with Gasteiger partial charge < -0.3 is 5.32 Å². The molecule has 4 heteroatoms. The number of anilines is 1. The van der Waals surface area contributed by atoms with E-state index in [-0.39, 0.29) is 6.04 Å². The molecule has 1 heterocycles. The number of rotatable bonds is 3. The van der Waals surface area contributed by atoms with E-state index in [0.717, 1.165) is 22.5 Å². The Morgan fingerprint density at radius 2 is 1.86 bits per heavy atom. The largest absolute Gasteiger partial charge is 0.378 e. The predicted molar refractivity (Wildman–Crippen MR) is 80.1 cm³/mol. The van der Waals surface area contributed by atoms with Crippen molar-refractivity contribution < 1.29 is 8.78 Å². The maximum Gasteiger partial charge on any atom is 0.164 e. The predicted octanol–water partition coefficient (Wildman–Crippen LogP) is 4.69. The van der Waals surface area contributed by atoms with Crippen molar-refractivity contribution in [3.63, 3.8) is 0 Å². The lowest BCUT2D eigenvalue weighted by atomic mass is 10.1. The van der Waals surface area contributed by atoms with Gasteiger partial charge in [-0.25, -0.2) is 8.78 Å². The third-order valence-corrected chi connectivity index (χ3v) is 3.50. The van der Waals surface area contributed by atoms with Crippen LogP contribution in [0.2, 0.25) is 0 Å². The molecule has 0 aliphatic rings. The summed E-state index contributed by atoms with van der Waals surface area (Å²) in [5, 5.41) is 5.23. The fourth-order valence-electron chi connectivity index (χ4n) is 2.41. The van der Waals surface area contributed by atoms with Crippen LogP contribution in [0.3, 0.4) is 0 Å². The van der Waals surface area contributed by atoms with Crippen molar-refractivity contribution in [2.75, 3.05) is 5.32 Å². The smallest absolute Gasteiger partial charge is 0.164 e. The Hall–Kier alpha value is -2.49. The van der Waals surface area contributed by atoms with Crippen molar-refractivity contribution in [1.29, 1.82) is 0 Å². The van der Waals surface area contributed by atoms with Crippen LogP contribution in [-0.4, -0.2) is 4.98 Å². The lowest BCUT2D eigenvalue weighted by Gasteiger charge is -2.18. The average molecular weight is 284 g/mol. The van der Waals surface area contributed by atoms with Crippen LogP contribution in [0, 0.1) is 11.6 Å². The van der Waals surface area contributed by atoms with Gasteiger partial charge in [0.15, 0.2) is 11.6 Å². The topological polar surface area (TPSA) is 24.9 Å². The number of hydrogen-bond acceptors (Lipinski definition) is 2. The van der Waals surface area contributed by atoms with Crippen molar-refractivity contribution in [2.45, 2.75) is 13.0 Å². The van der Waals surface area contributed by atoms with E-state index in [0.29, 0.717) is 5.56 Å². The molecule has 0 saturated carbocycles. The second-order valence-electron chi connectivity index (χ2n) is 4.91. The van der Waals surface area contributed by atoms with Crippen LogP contribution in [0.5, 0.6) is 0 Å². The highest BCUT2D eigenvalue weighted by atomic mass is 19.2. The van der Waals surface area contributed by atoms with Crippen molar-refractivity contribution in [2.24, 2.45) is 0 Å². The highest BCUT2D eigenvalue weighted by molar-refractivity contribution is 5.93. The van der Waals surface area contributed by atoms with Gasteiger partial charge in [-0.1, -0.05) is 24.3 Å². The standard InChI is InChI=1S/C17H14F2N2/c1-11(13-5-3-6-15(18)17(13)19)21-16-7-2-4-12-10-20-9-8-14(12)16/h2-11,21H,1H3. The molecule has 0 radical (unpaired) electrons.